The number of hydrogen-bond donors (Lipinski definition) is 1. The molecule has 4 heteroatoms. The van der Waals surface area contributed by atoms with E-state index in [2.05, 4.69) is 21.2 Å². The van der Waals surface area contributed by atoms with E-state index in [1.807, 2.05) is 31.3 Å². The van der Waals surface area contributed by atoms with Crippen molar-refractivity contribution in [1.82, 2.24) is 10.2 Å². The summed E-state index contributed by atoms with van der Waals surface area (Å²) in [6, 6.07) is 7.92. The first-order valence-corrected chi connectivity index (χ1v) is 5.23. The molecule has 1 N–H and O–H groups in total. The second-order valence-corrected chi connectivity index (χ2v) is 4.16. The summed E-state index contributed by atoms with van der Waals surface area (Å²) in [6.45, 7) is 0.419. The number of carbonyl (C=O) groups excluding carboxylic acids is 1. The first kappa shape index (κ1) is 9.68. The molecule has 1 aliphatic heterocycles. The number of nitrogens with one attached hydrogen (secondary N) is 1. The number of amides is 1. The molecule has 74 valence electrons. The quantitative estimate of drug-likeness (QED) is 0.824. The Morgan fingerprint density at radius 3 is 2.79 bits per heavy atom. The van der Waals surface area contributed by atoms with E-state index in [9.17, 15) is 4.79 Å². The van der Waals surface area contributed by atoms with Gasteiger partial charge in [-0.25, -0.2) is 0 Å². The zero-order valence-electron chi connectivity index (χ0n) is 7.83. The minimum atomic E-state index is -0.00178. The van der Waals surface area contributed by atoms with Crippen LogP contribution in [0.3, 0.4) is 0 Å². The number of rotatable bonds is 1. The first-order chi connectivity index (χ1) is 6.70. The van der Waals surface area contributed by atoms with Gasteiger partial charge in [-0.2, -0.15) is 0 Å². The second-order valence-electron chi connectivity index (χ2n) is 3.31. The predicted octanol–water partition coefficient (Wildman–Crippen LogP) is 1.51. The van der Waals surface area contributed by atoms with Crippen LogP contribution in [0.25, 0.3) is 0 Å². The lowest BCUT2D eigenvalue weighted by Gasteiger charge is -2.20. The van der Waals surface area contributed by atoms with Gasteiger partial charge in [0.25, 0.3) is 0 Å². The Morgan fingerprint density at radius 2 is 2.21 bits per heavy atom. The van der Waals surface area contributed by atoms with Crippen LogP contribution in [0.2, 0.25) is 0 Å². The van der Waals surface area contributed by atoms with E-state index in [1.54, 1.807) is 4.90 Å². The maximum absolute atomic E-state index is 11.3. The van der Waals surface area contributed by atoms with Gasteiger partial charge in [-0.1, -0.05) is 34.1 Å². The molecule has 0 radical (unpaired) electrons. The van der Waals surface area contributed by atoms with Crippen molar-refractivity contribution in [3.63, 3.8) is 0 Å². The summed E-state index contributed by atoms with van der Waals surface area (Å²) in [5.41, 5.74) is 1.10. The normalized spacial score (nSPS) is 21.7. The Bertz CT molecular complexity index is 367. The maximum atomic E-state index is 11.3. The molecule has 0 spiro atoms. The molecule has 0 saturated carbocycles. The molecule has 1 saturated heterocycles. The van der Waals surface area contributed by atoms with E-state index in [1.165, 1.54) is 0 Å². The lowest BCUT2D eigenvalue weighted by Crippen LogP contribution is -2.26. The van der Waals surface area contributed by atoms with Crippen LogP contribution in [0.4, 0.5) is 0 Å². The van der Waals surface area contributed by atoms with Gasteiger partial charge < -0.3 is 4.90 Å². The highest BCUT2D eigenvalue weighted by Gasteiger charge is 2.29. The van der Waals surface area contributed by atoms with Crippen molar-refractivity contribution in [2.75, 3.05) is 13.6 Å². The molecule has 2 rings (SSSR count). The Morgan fingerprint density at radius 1 is 1.50 bits per heavy atom. The highest BCUT2D eigenvalue weighted by atomic mass is 79.9. The van der Waals surface area contributed by atoms with E-state index >= 15 is 0 Å². The number of nitrogens with zero attached hydrogens (tertiary/aromatic N) is 1. The minimum absolute atomic E-state index is 0.00178. The predicted molar refractivity (Wildman–Crippen MR) is 57.7 cm³/mol. The molecule has 1 fully saturated rings. The van der Waals surface area contributed by atoms with Crippen LogP contribution in [0, 0.1) is 0 Å². The molecule has 1 unspecified atom stereocenters. The van der Waals surface area contributed by atoms with Gasteiger partial charge in [0.05, 0.1) is 6.54 Å². The lowest BCUT2D eigenvalue weighted by atomic mass is 10.2. The fourth-order valence-electron chi connectivity index (χ4n) is 1.61. The summed E-state index contributed by atoms with van der Waals surface area (Å²) < 4.78 is 1.03. The molecule has 1 aliphatic rings. The van der Waals surface area contributed by atoms with Gasteiger partial charge in [-0.15, -0.1) is 0 Å². The largest absolute Gasteiger partial charge is 0.325 e. The Hall–Kier alpha value is -0.870. The number of benzene rings is 1. The van der Waals surface area contributed by atoms with E-state index in [4.69, 9.17) is 0 Å². The average molecular weight is 255 g/mol. The number of halogens is 1. The lowest BCUT2D eigenvalue weighted by molar-refractivity contribution is -0.126. The number of carbonyl (C=O) groups is 1. The fourth-order valence-corrected chi connectivity index (χ4v) is 2.11. The summed E-state index contributed by atoms with van der Waals surface area (Å²) in [7, 11) is 1.81. The Labute approximate surface area is 91.2 Å². The van der Waals surface area contributed by atoms with Crippen LogP contribution in [-0.4, -0.2) is 24.4 Å². The van der Waals surface area contributed by atoms with Crippen LogP contribution >= 0.6 is 15.9 Å². The Kier molecular flexibility index (Phi) is 2.56. The molecule has 1 amide bonds. The number of hydrogen-bond acceptors (Lipinski definition) is 2. The monoisotopic (exact) mass is 254 g/mol. The molecular weight excluding hydrogens is 244 g/mol. The summed E-state index contributed by atoms with van der Waals surface area (Å²) >= 11 is 3.48. The third-order valence-corrected chi connectivity index (χ3v) is 3.15. The molecule has 1 aromatic rings. The van der Waals surface area contributed by atoms with E-state index in [-0.39, 0.29) is 12.1 Å². The van der Waals surface area contributed by atoms with Crippen LogP contribution in [0.15, 0.2) is 28.7 Å². The van der Waals surface area contributed by atoms with Crippen LogP contribution in [-0.2, 0) is 4.79 Å². The number of likely N-dealkylation sites (N-methyl/N-ethyl adjacent to an activating group) is 1. The van der Waals surface area contributed by atoms with Crippen LogP contribution < -0.4 is 5.32 Å². The van der Waals surface area contributed by atoms with Gasteiger partial charge in [0.1, 0.15) is 6.17 Å². The van der Waals surface area contributed by atoms with Crippen LogP contribution in [0.5, 0.6) is 0 Å². The van der Waals surface area contributed by atoms with E-state index < -0.39 is 0 Å². The summed E-state index contributed by atoms with van der Waals surface area (Å²) in [6.07, 6.45) is -0.00178. The molecule has 3 nitrogen and oxygen atoms in total. The van der Waals surface area contributed by atoms with Crippen molar-refractivity contribution in [2.45, 2.75) is 6.17 Å². The highest BCUT2D eigenvalue weighted by molar-refractivity contribution is 9.10. The van der Waals surface area contributed by atoms with Gasteiger partial charge in [-0.05, 0) is 6.07 Å². The molecular formula is C10H11BrN2O. The van der Waals surface area contributed by atoms with Gasteiger partial charge in [0, 0.05) is 17.1 Å². The maximum Gasteiger partial charge on any atom is 0.237 e. The van der Waals surface area contributed by atoms with E-state index in [0.717, 1.165) is 10.0 Å². The van der Waals surface area contributed by atoms with Gasteiger partial charge in [0.2, 0.25) is 5.91 Å². The summed E-state index contributed by atoms with van der Waals surface area (Å²) in [5, 5.41) is 3.16. The summed E-state index contributed by atoms with van der Waals surface area (Å²) in [4.78, 5) is 13.0. The van der Waals surface area contributed by atoms with Gasteiger partial charge in [-0.3, -0.25) is 10.1 Å². The van der Waals surface area contributed by atoms with Crippen molar-refractivity contribution < 1.29 is 4.79 Å². The standard InChI is InChI=1S/C10H11BrN2O/c1-13-9(14)6-12-10(13)7-4-2-3-5-8(7)11/h2-5,10,12H,6H2,1H3. The fraction of sp³-hybridized carbons (Fsp3) is 0.300. The van der Waals surface area contributed by atoms with Gasteiger partial charge in [0.15, 0.2) is 0 Å². The van der Waals surface area contributed by atoms with Crippen molar-refractivity contribution >= 4 is 21.8 Å². The second kappa shape index (κ2) is 3.71. The summed E-state index contributed by atoms with van der Waals surface area (Å²) in [5.74, 6) is 0.130. The molecule has 0 aliphatic carbocycles. The molecule has 1 atom stereocenters. The molecule has 0 aromatic heterocycles. The molecule has 1 heterocycles. The zero-order valence-corrected chi connectivity index (χ0v) is 9.41. The minimum Gasteiger partial charge on any atom is -0.325 e. The SMILES string of the molecule is CN1C(=O)CNC1c1ccccc1Br. The van der Waals surface area contributed by atoms with Crippen molar-refractivity contribution in [2.24, 2.45) is 0 Å². The zero-order chi connectivity index (χ0) is 10.1. The highest BCUT2D eigenvalue weighted by Crippen LogP contribution is 2.27. The van der Waals surface area contributed by atoms with E-state index in [0.29, 0.717) is 6.54 Å². The molecule has 0 bridgehead atoms. The average Bonchev–Trinajstić information content (AvgIpc) is 2.49. The first-order valence-electron chi connectivity index (χ1n) is 4.43. The topological polar surface area (TPSA) is 32.3 Å². The van der Waals surface area contributed by atoms with Crippen molar-refractivity contribution in [3.05, 3.63) is 34.3 Å². The van der Waals surface area contributed by atoms with Crippen molar-refractivity contribution in [3.8, 4) is 0 Å². The van der Waals surface area contributed by atoms with Crippen molar-refractivity contribution in [1.29, 1.82) is 0 Å². The third kappa shape index (κ3) is 1.55. The van der Waals surface area contributed by atoms with Crippen LogP contribution in [0.1, 0.15) is 11.7 Å². The van der Waals surface area contributed by atoms with Gasteiger partial charge >= 0.3 is 0 Å². The smallest absolute Gasteiger partial charge is 0.237 e. The Balaban J connectivity index is 2.32. The molecule has 14 heavy (non-hydrogen) atoms. The molecule has 1 aromatic carbocycles. The third-order valence-electron chi connectivity index (χ3n) is 2.43.